The minimum atomic E-state index is -0.875. The molecule has 2 nitrogen and oxygen atoms in total. The molecule has 0 bridgehead atoms. The molecule has 1 aliphatic rings. The van der Waals surface area contributed by atoms with Crippen LogP contribution in [0.15, 0.2) is 18.2 Å². The van der Waals surface area contributed by atoms with Gasteiger partial charge >= 0.3 is 0 Å². The van der Waals surface area contributed by atoms with Gasteiger partial charge < -0.3 is 10.4 Å². The van der Waals surface area contributed by atoms with Crippen molar-refractivity contribution < 1.29 is 13.9 Å². The van der Waals surface area contributed by atoms with Crippen molar-refractivity contribution in [2.75, 3.05) is 5.32 Å². The Morgan fingerprint density at radius 1 is 1.19 bits per heavy atom. The Morgan fingerprint density at radius 3 is 2.69 bits per heavy atom. The molecular formula is C12H15F2NO. The van der Waals surface area contributed by atoms with Crippen LogP contribution in [0, 0.1) is 11.6 Å². The molecule has 0 unspecified atom stereocenters. The first kappa shape index (κ1) is 11.3. The third kappa shape index (κ3) is 2.32. The molecule has 16 heavy (non-hydrogen) atoms. The van der Waals surface area contributed by atoms with E-state index in [-0.39, 0.29) is 11.7 Å². The normalized spacial score (nSPS) is 25.4. The number of nitrogens with one attached hydrogen (secondary N) is 1. The molecule has 0 heterocycles. The van der Waals surface area contributed by atoms with Gasteiger partial charge in [-0.2, -0.15) is 0 Å². The summed E-state index contributed by atoms with van der Waals surface area (Å²) in [6, 6.07) is 3.85. The van der Waals surface area contributed by atoms with Crippen molar-refractivity contribution >= 4 is 5.69 Å². The van der Waals surface area contributed by atoms with Gasteiger partial charge in [-0.15, -0.1) is 0 Å². The first-order valence-electron chi connectivity index (χ1n) is 5.57. The van der Waals surface area contributed by atoms with Gasteiger partial charge in [-0.3, -0.25) is 0 Å². The van der Waals surface area contributed by atoms with Gasteiger partial charge in [0.25, 0.3) is 0 Å². The SMILES string of the molecule is O[C@H]1CCCC[C@H]1Nc1cccc(F)c1F. The van der Waals surface area contributed by atoms with Crippen molar-refractivity contribution in [1.82, 2.24) is 0 Å². The summed E-state index contributed by atoms with van der Waals surface area (Å²) < 4.78 is 26.3. The maximum absolute atomic E-state index is 13.4. The molecule has 2 N–H and O–H groups in total. The van der Waals surface area contributed by atoms with E-state index >= 15 is 0 Å². The highest BCUT2D eigenvalue weighted by Crippen LogP contribution is 2.24. The number of benzene rings is 1. The number of hydrogen-bond acceptors (Lipinski definition) is 2. The molecule has 0 saturated heterocycles. The van der Waals surface area contributed by atoms with Gasteiger partial charge in [0.1, 0.15) is 0 Å². The minimum absolute atomic E-state index is 0.131. The van der Waals surface area contributed by atoms with Gasteiger partial charge in [-0.05, 0) is 25.0 Å². The third-order valence-corrected chi connectivity index (χ3v) is 3.02. The average molecular weight is 227 g/mol. The zero-order valence-corrected chi connectivity index (χ0v) is 8.92. The second kappa shape index (κ2) is 4.78. The second-order valence-corrected chi connectivity index (χ2v) is 4.20. The lowest BCUT2D eigenvalue weighted by Gasteiger charge is -2.29. The topological polar surface area (TPSA) is 32.3 Å². The molecule has 2 rings (SSSR count). The largest absolute Gasteiger partial charge is 0.391 e. The van der Waals surface area contributed by atoms with E-state index in [0.717, 1.165) is 25.3 Å². The summed E-state index contributed by atoms with van der Waals surface area (Å²) in [6.45, 7) is 0. The molecular weight excluding hydrogens is 212 g/mol. The maximum atomic E-state index is 13.4. The smallest absolute Gasteiger partial charge is 0.181 e. The lowest BCUT2D eigenvalue weighted by molar-refractivity contribution is 0.116. The first-order chi connectivity index (χ1) is 7.68. The summed E-state index contributed by atoms with van der Waals surface area (Å²) in [5.41, 5.74) is 0.131. The van der Waals surface area contributed by atoms with Crippen LogP contribution in [0.25, 0.3) is 0 Å². The number of hydrogen-bond donors (Lipinski definition) is 2. The summed E-state index contributed by atoms with van der Waals surface area (Å²) >= 11 is 0. The molecule has 0 spiro atoms. The summed E-state index contributed by atoms with van der Waals surface area (Å²) in [4.78, 5) is 0. The van der Waals surface area contributed by atoms with Gasteiger partial charge in [0.15, 0.2) is 11.6 Å². The van der Waals surface area contributed by atoms with Crippen molar-refractivity contribution in [2.24, 2.45) is 0 Å². The number of rotatable bonds is 2. The lowest BCUT2D eigenvalue weighted by Crippen LogP contribution is -2.36. The summed E-state index contributed by atoms with van der Waals surface area (Å²) in [5, 5.41) is 12.6. The monoisotopic (exact) mass is 227 g/mol. The van der Waals surface area contributed by atoms with E-state index in [1.54, 1.807) is 0 Å². The lowest BCUT2D eigenvalue weighted by atomic mass is 9.92. The van der Waals surface area contributed by atoms with Crippen LogP contribution in [0.4, 0.5) is 14.5 Å². The van der Waals surface area contributed by atoms with Crippen LogP contribution in [-0.4, -0.2) is 17.3 Å². The van der Waals surface area contributed by atoms with Crippen LogP contribution >= 0.6 is 0 Å². The Hall–Kier alpha value is -1.16. The van der Waals surface area contributed by atoms with E-state index in [2.05, 4.69) is 5.32 Å². The predicted molar refractivity (Wildman–Crippen MR) is 58.2 cm³/mol. The van der Waals surface area contributed by atoms with Gasteiger partial charge in [0.2, 0.25) is 0 Å². The predicted octanol–water partition coefficient (Wildman–Crippen LogP) is 2.68. The van der Waals surface area contributed by atoms with Crippen molar-refractivity contribution in [2.45, 2.75) is 37.8 Å². The minimum Gasteiger partial charge on any atom is -0.391 e. The molecule has 1 fully saturated rings. The van der Waals surface area contributed by atoms with Crippen molar-refractivity contribution in [3.05, 3.63) is 29.8 Å². The van der Waals surface area contributed by atoms with Crippen molar-refractivity contribution in [3.63, 3.8) is 0 Å². The van der Waals surface area contributed by atoms with Crippen LogP contribution in [0.1, 0.15) is 25.7 Å². The average Bonchev–Trinajstić information content (AvgIpc) is 2.28. The van der Waals surface area contributed by atoms with Crippen LogP contribution in [0.2, 0.25) is 0 Å². The molecule has 0 amide bonds. The Bertz CT molecular complexity index is 370. The van der Waals surface area contributed by atoms with Gasteiger partial charge in [0.05, 0.1) is 17.8 Å². The fourth-order valence-corrected chi connectivity index (χ4v) is 2.09. The molecule has 1 saturated carbocycles. The molecule has 0 aliphatic heterocycles. The highest BCUT2D eigenvalue weighted by molar-refractivity contribution is 5.46. The number of halogens is 2. The quantitative estimate of drug-likeness (QED) is 0.814. The molecule has 0 aromatic heterocycles. The van der Waals surface area contributed by atoms with E-state index in [0.29, 0.717) is 6.42 Å². The van der Waals surface area contributed by atoms with E-state index < -0.39 is 17.7 Å². The highest BCUT2D eigenvalue weighted by Gasteiger charge is 2.23. The van der Waals surface area contributed by atoms with Gasteiger partial charge in [0, 0.05) is 0 Å². The van der Waals surface area contributed by atoms with Crippen LogP contribution in [0.5, 0.6) is 0 Å². The zero-order valence-electron chi connectivity index (χ0n) is 8.92. The van der Waals surface area contributed by atoms with Crippen molar-refractivity contribution in [3.8, 4) is 0 Å². The van der Waals surface area contributed by atoms with E-state index in [4.69, 9.17) is 0 Å². The third-order valence-electron chi connectivity index (χ3n) is 3.02. The second-order valence-electron chi connectivity index (χ2n) is 4.20. The molecule has 4 heteroatoms. The molecule has 0 radical (unpaired) electrons. The standard InChI is InChI=1S/C12H15F2NO/c13-8-4-3-6-10(12(8)14)15-9-5-1-2-7-11(9)16/h3-4,6,9,11,15-16H,1-2,5,7H2/t9-,11+/m1/s1. The maximum Gasteiger partial charge on any atom is 0.181 e. The Labute approximate surface area is 93.3 Å². The Kier molecular flexibility index (Phi) is 3.39. The summed E-state index contributed by atoms with van der Waals surface area (Å²) in [5.74, 6) is -1.74. The Balaban J connectivity index is 2.10. The highest BCUT2D eigenvalue weighted by atomic mass is 19.2. The summed E-state index contributed by atoms with van der Waals surface area (Å²) in [6.07, 6.45) is 3.03. The van der Waals surface area contributed by atoms with Gasteiger partial charge in [-0.25, -0.2) is 8.78 Å². The van der Waals surface area contributed by atoms with Crippen molar-refractivity contribution in [1.29, 1.82) is 0 Å². The Morgan fingerprint density at radius 2 is 1.94 bits per heavy atom. The molecule has 88 valence electrons. The van der Waals surface area contributed by atoms with Gasteiger partial charge in [-0.1, -0.05) is 18.9 Å². The fourth-order valence-electron chi connectivity index (χ4n) is 2.09. The first-order valence-corrected chi connectivity index (χ1v) is 5.57. The number of anilines is 1. The van der Waals surface area contributed by atoms with E-state index in [1.165, 1.54) is 12.1 Å². The van der Waals surface area contributed by atoms with E-state index in [9.17, 15) is 13.9 Å². The molecule has 1 aliphatic carbocycles. The van der Waals surface area contributed by atoms with Crippen LogP contribution in [0.3, 0.4) is 0 Å². The molecule has 2 atom stereocenters. The zero-order chi connectivity index (χ0) is 11.5. The van der Waals surface area contributed by atoms with E-state index in [1.807, 2.05) is 0 Å². The number of aliphatic hydroxyl groups excluding tert-OH is 1. The fraction of sp³-hybridized carbons (Fsp3) is 0.500. The van der Waals surface area contributed by atoms with Crippen LogP contribution in [-0.2, 0) is 0 Å². The van der Waals surface area contributed by atoms with Crippen LogP contribution < -0.4 is 5.32 Å². The molecule has 1 aromatic carbocycles. The number of aliphatic hydroxyl groups is 1. The summed E-state index contributed by atoms with van der Waals surface area (Å²) in [7, 11) is 0. The molecule has 1 aromatic rings.